The number of nitrogens with one attached hydrogen (secondary N) is 1. The second kappa shape index (κ2) is 20.7. The van der Waals surface area contributed by atoms with Crippen LogP contribution in [0.15, 0.2) is 0 Å². The number of hydrogen-bond donors (Lipinski definition) is 1. The molecule has 0 aromatic carbocycles. The minimum Gasteiger partial charge on any atom is -0.355 e. The van der Waals surface area contributed by atoms with Crippen molar-refractivity contribution < 1.29 is 6.22 Å². The molecule has 0 aliphatic heterocycles. The molecule has 0 bridgehead atoms. The standard InChI is InChI=1S/C9H16N2OS.2C2H6.H2/c1-3-11-9(12)8(7-10)5-6-13-4-2;2*1-2;/h8H,3-6H2,1-2H3,(H,11,12);2*1-2H3;1H. The summed E-state index contributed by atoms with van der Waals surface area (Å²) in [7, 11) is 0. The lowest BCUT2D eigenvalue weighted by Gasteiger charge is -2.07. The minimum atomic E-state index is -0.473. The first-order valence-electron chi connectivity index (χ1n) is 6.51. The molecule has 0 aromatic heterocycles. The Balaban J connectivity index is -0.000000177. The van der Waals surface area contributed by atoms with Crippen molar-refractivity contribution in [1.82, 2.24) is 5.32 Å². The van der Waals surface area contributed by atoms with E-state index in [-0.39, 0.29) is 7.33 Å². The number of amides is 1. The van der Waals surface area contributed by atoms with Gasteiger partial charge in [-0.1, -0.05) is 34.6 Å². The van der Waals surface area contributed by atoms with Crippen LogP contribution in [0.3, 0.4) is 0 Å². The summed E-state index contributed by atoms with van der Waals surface area (Å²) < 4.78 is 0. The number of nitriles is 1. The van der Waals surface area contributed by atoms with Crippen LogP contribution in [0.25, 0.3) is 0 Å². The first-order valence-corrected chi connectivity index (χ1v) is 7.66. The summed E-state index contributed by atoms with van der Waals surface area (Å²) >= 11 is 1.76. The zero-order valence-electron chi connectivity index (χ0n) is 12.2. The summed E-state index contributed by atoms with van der Waals surface area (Å²) in [5.41, 5.74) is 0. The fraction of sp³-hybridized carbons (Fsp3) is 0.846. The van der Waals surface area contributed by atoms with Crippen LogP contribution < -0.4 is 5.32 Å². The number of carbonyl (C=O) groups excluding carboxylic acids is 1. The fourth-order valence-corrected chi connectivity index (χ4v) is 1.59. The van der Waals surface area contributed by atoms with Crippen LogP contribution >= 0.6 is 11.8 Å². The van der Waals surface area contributed by atoms with Crippen molar-refractivity contribution in [3.05, 3.63) is 0 Å². The van der Waals surface area contributed by atoms with Crippen LogP contribution in [0, 0.1) is 17.2 Å². The SMILES string of the molecule is CC.CC.CCNC(=O)C(C#N)CCSCC.[HH]. The summed E-state index contributed by atoms with van der Waals surface area (Å²) in [6.45, 7) is 12.5. The molecule has 0 aliphatic rings. The summed E-state index contributed by atoms with van der Waals surface area (Å²) in [6.07, 6.45) is 0.654. The lowest BCUT2D eigenvalue weighted by Crippen LogP contribution is -2.29. The normalized spacial score (nSPS) is 9.71. The average Bonchev–Trinajstić information content (AvgIpc) is 2.40. The molecule has 0 saturated carbocycles. The highest BCUT2D eigenvalue weighted by molar-refractivity contribution is 7.99. The van der Waals surface area contributed by atoms with E-state index in [2.05, 4.69) is 12.2 Å². The van der Waals surface area contributed by atoms with Crippen LogP contribution in [-0.4, -0.2) is 24.0 Å². The predicted molar refractivity (Wildman–Crippen MR) is 80.2 cm³/mol. The van der Waals surface area contributed by atoms with Gasteiger partial charge < -0.3 is 5.32 Å². The van der Waals surface area contributed by atoms with Crippen molar-refractivity contribution >= 4 is 17.7 Å². The van der Waals surface area contributed by atoms with E-state index in [0.29, 0.717) is 13.0 Å². The predicted octanol–water partition coefficient (Wildman–Crippen LogP) is 3.70. The third kappa shape index (κ3) is 15.3. The van der Waals surface area contributed by atoms with E-state index in [1.165, 1.54) is 0 Å². The third-order valence-electron chi connectivity index (χ3n) is 1.58. The van der Waals surface area contributed by atoms with Gasteiger partial charge in [0.05, 0.1) is 6.07 Å². The van der Waals surface area contributed by atoms with E-state index < -0.39 is 5.92 Å². The molecule has 104 valence electrons. The molecule has 4 heteroatoms. The molecule has 1 amide bonds. The lowest BCUT2D eigenvalue weighted by atomic mass is 10.1. The molecule has 1 N–H and O–H groups in total. The van der Waals surface area contributed by atoms with Crippen LogP contribution in [0.2, 0.25) is 0 Å². The maximum Gasteiger partial charge on any atom is 0.237 e. The Hall–Kier alpha value is -0.690. The van der Waals surface area contributed by atoms with E-state index >= 15 is 0 Å². The number of carbonyl (C=O) groups is 1. The van der Waals surface area contributed by atoms with Crippen molar-refractivity contribution in [3.8, 4) is 6.07 Å². The second-order valence-corrected chi connectivity index (χ2v) is 3.96. The molecule has 3 nitrogen and oxygen atoms in total. The van der Waals surface area contributed by atoms with Gasteiger partial charge in [-0.2, -0.15) is 17.0 Å². The van der Waals surface area contributed by atoms with Crippen molar-refractivity contribution in [3.63, 3.8) is 0 Å². The van der Waals surface area contributed by atoms with Gasteiger partial charge in [0.15, 0.2) is 0 Å². The first-order chi connectivity index (χ1) is 8.26. The van der Waals surface area contributed by atoms with E-state index in [9.17, 15) is 4.79 Å². The third-order valence-corrected chi connectivity index (χ3v) is 2.51. The zero-order chi connectivity index (χ0) is 14.1. The molecular weight excluding hydrogens is 232 g/mol. The van der Waals surface area contributed by atoms with Gasteiger partial charge in [-0.25, -0.2) is 0 Å². The van der Waals surface area contributed by atoms with Crippen LogP contribution in [-0.2, 0) is 4.79 Å². The first kappa shape index (κ1) is 21.6. The number of rotatable bonds is 6. The molecule has 1 unspecified atom stereocenters. The monoisotopic (exact) mass is 262 g/mol. The average molecular weight is 262 g/mol. The Morgan fingerprint density at radius 2 is 1.88 bits per heavy atom. The van der Waals surface area contributed by atoms with Crippen molar-refractivity contribution in [2.45, 2.75) is 48.0 Å². The summed E-state index contributed by atoms with van der Waals surface area (Å²) in [5.74, 6) is 1.31. The van der Waals surface area contributed by atoms with Gasteiger partial charge in [0.25, 0.3) is 0 Å². The Kier molecular flexibility index (Phi) is 26.3. The maximum absolute atomic E-state index is 11.2. The van der Waals surface area contributed by atoms with E-state index in [4.69, 9.17) is 5.26 Å². The smallest absolute Gasteiger partial charge is 0.237 e. The maximum atomic E-state index is 11.2. The van der Waals surface area contributed by atoms with Gasteiger partial charge in [-0.3, -0.25) is 4.79 Å². The van der Waals surface area contributed by atoms with Crippen molar-refractivity contribution in [1.29, 1.82) is 5.26 Å². The number of thioether (sulfide) groups is 1. The molecule has 0 aliphatic carbocycles. The van der Waals surface area contributed by atoms with Crippen LogP contribution in [0.4, 0.5) is 0 Å². The number of hydrogen-bond acceptors (Lipinski definition) is 3. The molecule has 0 fully saturated rings. The zero-order valence-corrected chi connectivity index (χ0v) is 13.0. The highest BCUT2D eigenvalue weighted by Crippen LogP contribution is 2.08. The molecule has 0 saturated heterocycles. The lowest BCUT2D eigenvalue weighted by molar-refractivity contribution is -0.123. The van der Waals surface area contributed by atoms with Crippen LogP contribution in [0.5, 0.6) is 0 Å². The minimum absolute atomic E-state index is 0. The van der Waals surface area contributed by atoms with E-state index in [1.807, 2.05) is 40.7 Å². The van der Waals surface area contributed by atoms with Gasteiger partial charge in [0.1, 0.15) is 5.92 Å². The molecule has 0 heterocycles. The van der Waals surface area contributed by atoms with Crippen molar-refractivity contribution in [2.75, 3.05) is 18.1 Å². The Labute approximate surface area is 113 Å². The largest absolute Gasteiger partial charge is 0.355 e. The van der Waals surface area contributed by atoms with E-state index in [0.717, 1.165) is 11.5 Å². The molecule has 0 rings (SSSR count). The summed E-state index contributed by atoms with van der Waals surface area (Å²) in [4.78, 5) is 11.2. The topological polar surface area (TPSA) is 52.9 Å². The molecule has 0 spiro atoms. The molecule has 17 heavy (non-hydrogen) atoms. The van der Waals surface area contributed by atoms with Gasteiger partial charge in [0, 0.05) is 7.97 Å². The molecule has 1 atom stereocenters. The Bertz CT molecular complexity index is 196. The Morgan fingerprint density at radius 3 is 2.24 bits per heavy atom. The molecule has 0 radical (unpaired) electrons. The fourth-order valence-electron chi connectivity index (χ4n) is 0.897. The quantitative estimate of drug-likeness (QED) is 0.742. The number of nitrogens with zero attached hydrogens (tertiary/aromatic N) is 1. The van der Waals surface area contributed by atoms with E-state index in [1.54, 1.807) is 11.8 Å². The van der Waals surface area contributed by atoms with Gasteiger partial charge >= 0.3 is 0 Å². The molecule has 0 aromatic rings. The van der Waals surface area contributed by atoms with Gasteiger partial charge in [0.2, 0.25) is 5.91 Å². The van der Waals surface area contributed by atoms with Crippen LogP contribution in [0.1, 0.15) is 49.4 Å². The van der Waals surface area contributed by atoms with Gasteiger partial charge in [-0.05, 0) is 24.9 Å². The highest BCUT2D eigenvalue weighted by atomic mass is 32.2. The second-order valence-electron chi connectivity index (χ2n) is 2.56. The van der Waals surface area contributed by atoms with Crippen molar-refractivity contribution in [2.24, 2.45) is 5.92 Å². The van der Waals surface area contributed by atoms with Gasteiger partial charge in [-0.15, -0.1) is 0 Å². The summed E-state index contributed by atoms with van der Waals surface area (Å²) in [6, 6.07) is 2.02. The Morgan fingerprint density at radius 1 is 1.35 bits per heavy atom. The highest BCUT2D eigenvalue weighted by Gasteiger charge is 2.15. The summed E-state index contributed by atoms with van der Waals surface area (Å²) in [5, 5.41) is 11.4. The molecular formula is C13H30N2OS.